The standard InChI is InChI=1S/C21H18FNO5/c1-21(23-18(24)13-7-4-3-5-8-13)16(14-9-6-10-15(22)11-14)12-17(19(25)27-2)28-20(21)26/h3-12,16H,1-2H3,(H,23,24)/t16-,21+/m1/s1. The van der Waals surface area contributed by atoms with Crippen LogP contribution in [0.25, 0.3) is 0 Å². The fourth-order valence-electron chi connectivity index (χ4n) is 3.05. The zero-order valence-electron chi connectivity index (χ0n) is 15.3. The van der Waals surface area contributed by atoms with Crippen LogP contribution in [-0.4, -0.2) is 30.5 Å². The first-order chi connectivity index (χ1) is 13.3. The molecule has 0 fully saturated rings. The van der Waals surface area contributed by atoms with Crippen LogP contribution in [0.15, 0.2) is 66.4 Å². The lowest BCUT2D eigenvalue weighted by Crippen LogP contribution is -2.58. The number of hydrogen-bond acceptors (Lipinski definition) is 5. The number of cyclic esters (lactones) is 1. The van der Waals surface area contributed by atoms with Gasteiger partial charge in [0.2, 0.25) is 5.76 Å². The monoisotopic (exact) mass is 383 g/mol. The maximum atomic E-state index is 13.8. The molecule has 0 saturated heterocycles. The summed E-state index contributed by atoms with van der Waals surface area (Å²) in [5.41, 5.74) is -0.829. The number of carbonyl (C=O) groups excluding carboxylic acids is 3. The molecule has 3 rings (SSSR count). The molecule has 2 aromatic rings. The van der Waals surface area contributed by atoms with Gasteiger partial charge < -0.3 is 14.8 Å². The number of esters is 2. The summed E-state index contributed by atoms with van der Waals surface area (Å²) in [7, 11) is 1.15. The van der Waals surface area contributed by atoms with Crippen molar-refractivity contribution in [2.75, 3.05) is 7.11 Å². The summed E-state index contributed by atoms with van der Waals surface area (Å²) in [5, 5.41) is 2.67. The van der Waals surface area contributed by atoms with Crippen LogP contribution >= 0.6 is 0 Å². The van der Waals surface area contributed by atoms with Crippen LogP contribution in [0.2, 0.25) is 0 Å². The van der Waals surface area contributed by atoms with Crippen molar-refractivity contribution in [2.24, 2.45) is 0 Å². The lowest BCUT2D eigenvalue weighted by atomic mass is 9.78. The quantitative estimate of drug-likeness (QED) is 0.821. The van der Waals surface area contributed by atoms with E-state index in [0.717, 1.165) is 7.11 Å². The van der Waals surface area contributed by atoms with E-state index in [2.05, 4.69) is 10.1 Å². The van der Waals surface area contributed by atoms with Gasteiger partial charge in [-0.3, -0.25) is 4.79 Å². The highest BCUT2D eigenvalue weighted by atomic mass is 19.1. The molecule has 1 heterocycles. The molecule has 0 unspecified atom stereocenters. The molecular formula is C21H18FNO5. The SMILES string of the molecule is COC(=O)C1=C[C@H](c2cccc(F)c2)[C@](C)(NC(=O)c2ccccc2)C(=O)O1. The largest absolute Gasteiger partial charge is 0.463 e. The molecule has 0 saturated carbocycles. The molecule has 2 atom stereocenters. The molecule has 0 aliphatic carbocycles. The van der Waals surface area contributed by atoms with Crippen molar-refractivity contribution >= 4 is 17.8 Å². The van der Waals surface area contributed by atoms with Crippen LogP contribution in [0.4, 0.5) is 4.39 Å². The number of hydrogen-bond donors (Lipinski definition) is 1. The van der Waals surface area contributed by atoms with Gasteiger partial charge in [-0.05, 0) is 42.8 Å². The minimum Gasteiger partial charge on any atom is -0.463 e. The number of amides is 1. The van der Waals surface area contributed by atoms with E-state index in [1.54, 1.807) is 36.4 Å². The number of carbonyl (C=O) groups is 3. The third-order valence-electron chi connectivity index (χ3n) is 4.57. The Bertz CT molecular complexity index is 956. The molecule has 1 amide bonds. The molecule has 1 aliphatic heterocycles. The van der Waals surface area contributed by atoms with Gasteiger partial charge >= 0.3 is 11.9 Å². The average molecular weight is 383 g/mol. The normalized spacial score (nSPS) is 21.3. The van der Waals surface area contributed by atoms with E-state index < -0.39 is 35.1 Å². The lowest BCUT2D eigenvalue weighted by molar-refractivity contribution is -0.156. The highest BCUT2D eigenvalue weighted by Gasteiger charge is 2.49. The second-order valence-electron chi connectivity index (χ2n) is 6.47. The highest BCUT2D eigenvalue weighted by molar-refractivity contribution is 6.01. The molecule has 7 heteroatoms. The average Bonchev–Trinajstić information content (AvgIpc) is 2.70. The number of halogens is 1. The van der Waals surface area contributed by atoms with Gasteiger partial charge in [0.25, 0.3) is 5.91 Å². The number of nitrogens with one attached hydrogen (secondary N) is 1. The van der Waals surface area contributed by atoms with Crippen LogP contribution in [0.3, 0.4) is 0 Å². The van der Waals surface area contributed by atoms with Crippen LogP contribution in [0.5, 0.6) is 0 Å². The Morgan fingerprint density at radius 3 is 2.50 bits per heavy atom. The topological polar surface area (TPSA) is 81.7 Å². The number of benzene rings is 2. The van der Waals surface area contributed by atoms with Gasteiger partial charge in [-0.15, -0.1) is 0 Å². The lowest BCUT2D eigenvalue weighted by Gasteiger charge is -2.38. The van der Waals surface area contributed by atoms with E-state index in [0.29, 0.717) is 11.1 Å². The summed E-state index contributed by atoms with van der Waals surface area (Å²) < 4.78 is 23.5. The highest BCUT2D eigenvalue weighted by Crippen LogP contribution is 2.37. The third-order valence-corrected chi connectivity index (χ3v) is 4.57. The molecule has 1 aliphatic rings. The second kappa shape index (κ2) is 7.64. The van der Waals surface area contributed by atoms with Crippen molar-refractivity contribution in [2.45, 2.75) is 18.4 Å². The summed E-state index contributed by atoms with van der Waals surface area (Å²) in [6, 6.07) is 13.9. The molecule has 144 valence electrons. The minimum absolute atomic E-state index is 0.312. The maximum Gasteiger partial charge on any atom is 0.373 e. The first-order valence-corrected chi connectivity index (χ1v) is 8.50. The van der Waals surface area contributed by atoms with Gasteiger partial charge in [-0.25, -0.2) is 14.0 Å². The van der Waals surface area contributed by atoms with E-state index in [4.69, 9.17) is 4.74 Å². The van der Waals surface area contributed by atoms with Gasteiger partial charge in [-0.1, -0.05) is 30.3 Å². The van der Waals surface area contributed by atoms with Crippen LogP contribution < -0.4 is 5.32 Å². The Hall–Kier alpha value is -3.48. The number of rotatable bonds is 4. The van der Waals surface area contributed by atoms with Crippen LogP contribution in [0.1, 0.15) is 28.8 Å². The van der Waals surface area contributed by atoms with E-state index in [9.17, 15) is 18.8 Å². The molecule has 0 radical (unpaired) electrons. The Balaban J connectivity index is 2.05. The van der Waals surface area contributed by atoms with Crippen molar-refractivity contribution in [1.82, 2.24) is 5.32 Å². The molecule has 2 aromatic carbocycles. The number of methoxy groups -OCH3 is 1. The Morgan fingerprint density at radius 1 is 1.14 bits per heavy atom. The third kappa shape index (κ3) is 3.64. The van der Waals surface area contributed by atoms with Crippen molar-refractivity contribution < 1.29 is 28.2 Å². The summed E-state index contributed by atoms with van der Waals surface area (Å²) in [5.74, 6) is -3.88. The summed E-state index contributed by atoms with van der Waals surface area (Å²) >= 11 is 0. The maximum absolute atomic E-state index is 13.8. The first kappa shape index (κ1) is 19.3. The second-order valence-corrected chi connectivity index (χ2v) is 6.47. The zero-order valence-corrected chi connectivity index (χ0v) is 15.3. The Kier molecular flexibility index (Phi) is 5.26. The summed E-state index contributed by atoms with van der Waals surface area (Å²) in [6.07, 6.45) is 1.35. The molecule has 28 heavy (non-hydrogen) atoms. The first-order valence-electron chi connectivity index (χ1n) is 8.50. The van der Waals surface area contributed by atoms with Crippen molar-refractivity contribution in [3.63, 3.8) is 0 Å². The van der Waals surface area contributed by atoms with Crippen molar-refractivity contribution in [1.29, 1.82) is 0 Å². The predicted octanol–water partition coefficient (Wildman–Crippen LogP) is 2.71. The fourth-order valence-corrected chi connectivity index (χ4v) is 3.05. The Labute approximate surface area is 161 Å². The fraction of sp³-hybridized carbons (Fsp3) is 0.190. The van der Waals surface area contributed by atoms with Gasteiger partial charge in [0.15, 0.2) is 0 Å². The van der Waals surface area contributed by atoms with Gasteiger partial charge in [0.1, 0.15) is 11.4 Å². The Morgan fingerprint density at radius 2 is 1.86 bits per heavy atom. The minimum atomic E-state index is -1.57. The molecular weight excluding hydrogens is 365 g/mol. The molecule has 0 bridgehead atoms. The van der Waals surface area contributed by atoms with Gasteiger partial charge in [0, 0.05) is 11.5 Å². The zero-order chi connectivity index (χ0) is 20.3. The smallest absolute Gasteiger partial charge is 0.373 e. The van der Waals surface area contributed by atoms with Gasteiger partial charge in [-0.2, -0.15) is 0 Å². The van der Waals surface area contributed by atoms with Gasteiger partial charge in [0.05, 0.1) is 7.11 Å². The van der Waals surface area contributed by atoms with E-state index in [1.807, 2.05) is 0 Å². The van der Waals surface area contributed by atoms with Crippen molar-refractivity contribution in [3.8, 4) is 0 Å². The molecule has 6 nitrogen and oxygen atoms in total. The predicted molar refractivity (Wildman–Crippen MR) is 97.6 cm³/mol. The van der Waals surface area contributed by atoms with Crippen molar-refractivity contribution in [3.05, 3.63) is 83.4 Å². The molecule has 0 aromatic heterocycles. The van der Waals surface area contributed by atoms with E-state index >= 15 is 0 Å². The summed E-state index contributed by atoms with van der Waals surface area (Å²) in [6.45, 7) is 1.47. The molecule has 1 N–H and O–H groups in total. The van der Waals surface area contributed by atoms with Crippen LogP contribution in [-0.2, 0) is 19.1 Å². The van der Waals surface area contributed by atoms with E-state index in [1.165, 1.54) is 31.2 Å². The van der Waals surface area contributed by atoms with E-state index in [-0.39, 0.29) is 5.76 Å². The molecule has 0 spiro atoms. The van der Waals surface area contributed by atoms with Crippen LogP contribution in [0, 0.1) is 5.82 Å². The summed E-state index contributed by atoms with van der Waals surface area (Å²) in [4.78, 5) is 37.4. The number of ether oxygens (including phenoxy) is 2.